The first-order valence-electron chi connectivity index (χ1n) is 7.44. The molecule has 134 valence electrons. The van der Waals surface area contributed by atoms with Crippen LogP contribution in [0, 0.1) is 0 Å². The Bertz CT molecular complexity index is 562. The van der Waals surface area contributed by atoms with Gasteiger partial charge in [0.1, 0.15) is 5.76 Å². The molecule has 0 bridgehead atoms. The van der Waals surface area contributed by atoms with E-state index in [1.807, 2.05) is 0 Å². The van der Waals surface area contributed by atoms with Crippen LogP contribution >= 0.6 is 11.9 Å². The number of halogens is 1. The van der Waals surface area contributed by atoms with Crippen molar-refractivity contribution in [1.82, 2.24) is 5.32 Å². The van der Waals surface area contributed by atoms with E-state index in [4.69, 9.17) is 15.0 Å². The first-order chi connectivity index (χ1) is 11.3. The Hall–Kier alpha value is -1.99. The molecule has 0 atom stereocenters. The van der Waals surface area contributed by atoms with Crippen LogP contribution in [0.4, 0.5) is 4.39 Å². The summed E-state index contributed by atoms with van der Waals surface area (Å²) in [5.41, 5.74) is -0.118. The summed E-state index contributed by atoms with van der Waals surface area (Å²) in [6.45, 7) is 9.23. The summed E-state index contributed by atoms with van der Waals surface area (Å²) in [5.74, 6) is -0.744. The lowest BCUT2D eigenvalue weighted by atomic mass is 10.2. The molecular formula is C17H25FN2O3S. The monoisotopic (exact) mass is 356 g/mol. The zero-order valence-electron chi connectivity index (χ0n) is 14.3. The summed E-state index contributed by atoms with van der Waals surface area (Å²) in [7, 11) is 0. The van der Waals surface area contributed by atoms with Gasteiger partial charge in [0.2, 0.25) is 0 Å². The first-order valence-corrected chi connectivity index (χ1v) is 8.32. The fourth-order valence-electron chi connectivity index (χ4n) is 1.42. The minimum absolute atomic E-state index is 0.118. The fraction of sp³-hybridized carbons (Fsp3) is 0.353. The number of carboxylic acid groups (broad SMARTS) is 1. The number of carboxylic acids is 1. The number of ether oxygens (including phenoxy) is 1. The number of carbonyl (C=O) groups is 1. The van der Waals surface area contributed by atoms with E-state index in [-0.39, 0.29) is 11.4 Å². The topological polar surface area (TPSA) is 84.6 Å². The van der Waals surface area contributed by atoms with Crippen LogP contribution in [0.1, 0.15) is 33.6 Å². The molecule has 4 N–H and O–H groups in total. The molecule has 0 aromatic heterocycles. The summed E-state index contributed by atoms with van der Waals surface area (Å²) in [4.78, 5) is 11.3. The van der Waals surface area contributed by atoms with Crippen molar-refractivity contribution in [2.75, 3.05) is 6.54 Å². The van der Waals surface area contributed by atoms with Crippen molar-refractivity contribution in [2.24, 2.45) is 5.14 Å². The molecule has 5 nitrogen and oxygen atoms in total. The van der Waals surface area contributed by atoms with Crippen molar-refractivity contribution in [3.63, 3.8) is 0 Å². The van der Waals surface area contributed by atoms with Crippen molar-refractivity contribution in [3.05, 3.63) is 58.8 Å². The van der Waals surface area contributed by atoms with Crippen LogP contribution in [0.15, 0.2) is 58.8 Å². The maximum absolute atomic E-state index is 12.8. The first kappa shape index (κ1) is 22.0. The summed E-state index contributed by atoms with van der Waals surface area (Å²) < 4.78 is 18.5. The Labute approximate surface area is 147 Å². The highest BCUT2D eigenvalue weighted by Crippen LogP contribution is 2.24. The predicted molar refractivity (Wildman–Crippen MR) is 97.3 cm³/mol. The quantitative estimate of drug-likeness (QED) is 0.170. The van der Waals surface area contributed by atoms with Crippen molar-refractivity contribution in [2.45, 2.75) is 33.6 Å². The molecular weight excluding hydrogens is 331 g/mol. The van der Waals surface area contributed by atoms with Crippen LogP contribution in [-0.2, 0) is 9.53 Å². The van der Waals surface area contributed by atoms with Gasteiger partial charge in [-0.2, -0.15) is 0 Å². The smallest absolute Gasteiger partial charge is 0.335 e. The van der Waals surface area contributed by atoms with Crippen LogP contribution in [-0.4, -0.2) is 17.6 Å². The van der Waals surface area contributed by atoms with Crippen LogP contribution in [0.25, 0.3) is 0 Å². The highest BCUT2D eigenvalue weighted by atomic mass is 32.2. The summed E-state index contributed by atoms with van der Waals surface area (Å²) >= 11 is 0.841. The molecule has 0 aliphatic carbocycles. The standard InChI is InChI=1S/C17H25FN2O3S/c1-5-6-9-20-11-15(23-14(4)8-7-13(3)18)16(24-19)10-12(2)17(21)22/h7-8,10-11,20H,2,5-6,9,19H2,1,3-4H3,(H,21,22)/b13-7+,14-8+,15-11-,16-10+. The van der Waals surface area contributed by atoms with Gasteiger partial charge in [-0.25, -0.2) is 9.18 Å². The van der Waals surface area contributed by atoms with Gasteiger partial charge in [0, 0.05) is 12.7 Å². The second-order valence-electron chi connectivity index (χ2n) is 4.91. The molecule has 0 aromatic rings. The average molecular weight is 356 g/mol. The summed E-state index contributed by atoms with van der Waals surface area (Å²) in [5, 5.41) is 17.7. The number of nitrogens with one attached hydrogen (secondary N) is 1. The van der Waals surface area contributed by atoms with Gasteiger partial charge in [0.05, 0.1) is 16.3 Å². The van der Waals surface area contributed by atoms with E-state index < -0.39 is 5.97 Å². The Morgan fingerprint density at radius 3 is 2.58 bits per heavy atom. The van der Waals surface area contributed by atoms with Crippen molar-refractivity contribution in [3.8, 4) is 0 Å². The predicted octanol–water partition coefficient (Wildman–Crippen LogP) is 4.14. The number of rotatable bonds is 11. The van der Waals surface area contributed by atoms with E-state index in [0.29, 0.717) is 16.4 Å². The molecule has 0 rings (SSSR count). The van der Waals surface area contributed by atoms with Crippen LogP contribution in [0.2, 0.25) is 0 Å². The van der Waals surface area contributed by atoms with E-state index in [2.05, 4.69) is 18.8 Å². The number of aliphatic carboxylic acids is 1. The lowest BCUT2D eigenvalue weighted by Gasteiger charge is -2.13. The van der Waals surface area contributed by atoms with Gasteiger partial charge in [-0.05, 0) is 50.4 Å². The van der Waals surface area contributed by atoms with Gasteiger partial charge in [-0.3, -0.25) is 5.14 Å². The molecule has 0 radical (unpaired) electrons. The van der Waals surface area contributed by atoms with Gasteiger partial charge in [0.25, 0.3) is 0 Å². The minimum Gasteiger partial charge on any atom is -0.478 e. The lowest BCUT2D eigenvalue weighted by Crippen LogP contribution is -2.10. The van der Waals surface area contributed by atoms with Gasteiger partial charge >= 0.3 is 5.97 Å². The van der Waals surface area contributed by atoms with Gasteiger partial charge in [0.15, 0.2) is 5.76 Å². The van der Waals surface area contributed by atoms with Gasteiger partial charge in [-0.1, -0.05) is 19.9 Å². The van der Waals surface area contributed by atoms with E-state index >= 15 is 0 Å². The number of hydrogen-bond acceptors (Lipinski definition) is 5. The molecule has 0 amide bonds. The van der Waals surface area contributed by atoms with Crippen LogP contribution < -0.4 is 10.5 Å². The molecule has 0 aliphatic heterocycles. The average Bonchev–Trinajstić information content (AvgIpc) is 2.53. The highest BCUT2D eigenvalue weighted by molar-refractivity contribution is 8.01. The van der Waals surface area contributed by atoms with Gasteiger partial charge < -0.3 is 15.2 Å². The second-order valence-corrected chi connectivity index (χ2v) is 5.58. The van der Waals surface area contributed by atoms with E-state index in [0.717, 1.165) is 31.3 Å². The van der Waals surface area contributed by atoms with Crippen LogP contribution in [0.3, 0.4) is 0 Å². The molecule has 24 heavy (non-hydrogen) atoms. The molecule has 0 aliphatic rings. The lowest BCUT2D eigenvalue weighted by molar-refractivity contribution is -0.132. The number of allylic oxidation sites excluding steroid dienone is 4. The van der Waals surface area contributed by atoms with Crippen molar-refractivity contribution < 1.29 is 19.0 Å². The number of hydrogen-bond donors (Lipinski definition) is 3. The SMILES string of the molecule is C=C(/C=C(SN)\C(=C\NCCCC)O/C(C)=C/C=C(\C)F)C(=O)O. The zero-order chi connectivity index (χ0) is 18.5. The second kappa shape index (κ2) is 12.4. The fourth-order valence-corrected chi connectivity index (χ4v) is 1.84. The summed E-state index contributed by atoms with van der Waals surface area (Å²) in [6.07, 6.45) is 7.68. The Morgan fingerprint density at radius 2 is 2.08 bits per heavy atom. The number of nitrogens with two attached hydrogens (primary N) is 1. The molecule has 0 heterocycles. The van der Waals surface area contributed by atoms with E-state index in [1.54, 1.807) is 13.1 Å². The van der Waals surface area contributed by atoms with Crippen molar-refractivity contribution in [1.29, 1.82) is 0 Å². The Morgan fingerprint density at radius 1 is 1.42 bits per heavy atom. The third kappa shape index (κ3) is 9.91. The Balaban J connectivity index is 5.43. The molecule has 0 aromatic carbocycles. The Kier molecular flexibility index (Phi) is 11.4. The molecule has 7 heteroatoms. The third-order valence-electron chi connectivity index (χ3n) is 2.68. The van der Waals surface area contributed by atoms with E-state index in [9.17, 15) is 9.18 Å². The zero-order valence-corrected chi connectivity index (χ0v) is 15.1. The minimum atomic E-state index is -1.15. The maximum atomic E-state index is 12.8. The van der Waals surface area contributed by atoms with E-state index in [1.165, 1.54) is 25.2 Å². The highest BCUT2D eigenvalue weighted by Gasteiger charge is 2.11. The normalized spacial score (nSPS) is 13.7. The molecule has 0 spiro atoms. The molecule has 0 unspecified atom stereocenters. The van der Waals surface area contributed by atoms with Gasteiger partial charge in [-0.15, -0.1) is 0 Å². The molecule has 0 fully saturated rings. The molecule has 0 saturated heterocycles. The van der Waals surface area contributed by atoms with Crippen LogP contribution in [0.5, 0.6) is 0 Å². The summed E-state index contributed by atoms with van der Waals surface area (Å²) in [6, 6.07) is 0. The van der Waals surface area contributed by atoms with Crippen molar-refractivity contribution >= 4 is 17.9 Å². The third-order valence-corrected chi connectivity index (χ3v) is 3.25. The molecule has 0 saturated carbocycles. The number of unbranched alkanes of at least 4 members (excludes halogenated alkanes) is 1. The largest absolute Gasteiger partial charge is 0.478 e. The maximum Gasteiger partial charge on any atom is 0.335 e.